The van der Waals surface area contributed by atoms with Gasteiger partial charge in [0.25, 0.3) is 5.56 Å². The van der Waals surface area contributed by atoms with Crippen molar-refractivity contribution in [2.75, 3.05) is 12.0 Å². The molecule has 1 aromatic carbocycles. The molecule has 120 valence electrons. The van der Waals surface area contributed by atoms with E-state index in [4.69, 9.17) is 17.3 Å². The summed E-state index contributed by atoms with van der Waals surface area (Å²) >= 11 is 7.38. The highest BCUT2D eigenvalue weighted by Gasteiger charge is 2.29. The van der Waals surface area contributed by atoms with Gasteiger partial charge in [-0.05, 0) is 18.4 Å². The number of anilines is 1. The lowest BCUT2D eigenvalue weighted by atomic mass is 9.95. The van der Waals surface area contributed by atoms with Crippen LogP contribution in [0.25, 0.3) is 11.1 Å². The summed E-state index contributed by atoms with van der Waals surface area (Å²) in [6.07, 6.45) is 1.71. The SMILES string of the molecule is CSc1cccc(Cl)c1-c1c(C(=O)O)c(N)[nH]c(=O)c1C(=O)O. The highest BCUT2D eigenvalue weighted by Crippen LogP contribution is 2.40. The largest absolute Gasteiger partial charge is 0.478 e. The van der Waals surface area contributed by atoms with Crippen molar-refractivity contribution >= 4 is 41.1 Å². The highest BCUT2D eigenvalue weighted by atomic mass is 35.5. The number of benzene rings is 1. The molecule has 2 rings (SSSR count). The van der Waals surface area contributed by atoms with Gasteiger partial charge in [-0.25, -0.2) is 9.59 Å². The summed E-state index contributed by atoms with van der Waals surface area (Å²) in [5.41, 5.74) is 3.21. The van der Waals surface area contributed by atoms with Gasteiger partial charge in [0.2, 0.25) is 0 Å². The van der Waals surface area contributed by atoms with Gasteiger partial charge in [-0.1, -0.05) is 17.7 Å². The van der Waals surface area contributed by atoms with Crippen LogP contribution in [-0.2, 0) is 0 Å². The van der Waals surface area contributed by atoms with Crippen LogP contribution in [0.15, 0.2) is 27.9 Å². The monoisotopic (exact) mass is 354 g/mol. The van der Waals surface area contributed by atoms with Gasteiger partial charge in [-0.15, -0.1) is 11.8 Å². The van der Waals surface area contributed by atoms with Crippen LogP contribution in [0, 0.1) is 0 Å². The molecule has 23 heavy (non-hydrogen) atoms. The van der Waals surface area contributed by atoms with E-state index in [2.05, 4.69) is 0 Å². The van der Waals surface area contributed by atoms with E-state index >= 15 is 0 Å². The van der Waals surface area contributed by atoms with Crippen molar-refractivity contribution < 1.29 is 19.8 Å². The van der Waals surface area contributed by atoms with Gasteiger partial charge >= 0.3 is 11.9 Å². The maximum absolute atomic E-state index is 12.0. The molecular formula is C14H11ClN2O5S. The van der Waals surface area contributed by atoms with E-state index in [9.17, 15) is 24.6 Å². The van der Waals surface area contributed by atoms with E-state index in [1.807, 2.05) is 4.98 Å². The Bertz CT molecular complexity index is 878. The lowest BCUT2D eigenvalue weighted by Gasteiger charge is -2.15. The molecule has 0 bridgehead atoms. The molecule has 0 aliphatic carbocycles. The molecule has 0 amide bonds. The molecule has 0 aliphatic heterocycles. The second-order valence-corrected chi connectivity index (χ2v) is 5.68. The third-order valence-corrected chi connectivity index (χ3v) is 4.21. The van der Waals surface area contributed by atoms with Gasteiger partial charge in [0, 0.05) is 21.0 Å². The number of thioether (sulfide) groups is 1. The second-order valence-electron chi connectivity index (χ2n) is 4.42. The van der Waals surface area contributed by atoms with Crippen molar-refractivity contribution in [3.63, 3.8) is 0 Å². The third kappa shape index (κ3) is 2.90. The minimum atomic E-state index is -1.57. The number of nitrogens with two attached hydrogens (primary N) is 1. The Labute approximate surface area is 139 Å². The quantitative estimate of drug-likeness (QED) is 0.619. The molecule has 0 fully saturated rings. The summed E-state index contributed by atoms with van der Waals surface area (Å²) in [6.45, 7) is 0. The average molecular weight is 355 g/mol. The Morgan fingerprint density at radius 2 is 1.78 bits per heavy atom. The fourth-order valence-electron chi connectivity index (χ4n) is 2.21. The van der Waals surface area contributed by atoms with Gasteiger partial charge in [0.15, 0.2) is 0 Å². The summed E-state index contributed by atoms with van der Waals surface area (Å²) in [5, 5.41) is 18.9. The van der Waals surface area contributed by atoms with E-state index in [1.165, 1.54) is 17.8 Å². The molecule has 5 N–H and O–H groups in total. The van der Waals surface area contributed by atoms with Gasteiger partial charge in [-0.3, -0.25) is 4.79 Å². The number of carbonyl (C=O) groups is 2. The normalized spacial score (nSPS) is 10.5. The Morgan fingerprint density at radius 3 is 2.30 bits per heavy atom. The van der Waals surface area contributed by atoms with Crippen molar-refractivity contribution in [1.29, 1.82) is 0 Å². The first-order valence-corrected chi connectivity index (χ1v) is 7.75. The van der Waals surface area contributed by atoms with Gasteiger partial charge in [-0.2, -0.15) is 0 Å². The molecule has 1 aromatic heterocycles. The second kappa shape index (κ2) is 6.35. The van der Waals surface area contributed by atoms with Crippen LogP contribution >= 0.6 is 23.4 Å². The molecule has 0 saturated carbocycles. The predicted octanol–water partition coefficient (Wildman–Crippen LogP) is 2.40. The Balaban J connectivity index is 3.10. The Kier molecular flexibility index (Phi) is 4.67. The number of aromatic amines is 1. The van der Waals surface area contributed by atoms with Crippen molar-refractivity contribution in [1.82, 2.24) is 4.98 Å². The molecular weight excluding hydrogens is 344 g/mol. The summed E-state index contributed by atoms with van der Waals surface area (Å²) < 4.78 is 0. The number of H-pyrrole nitrogens is 1. The number of halogens is 1. The molecule has 0 unspecified atom stereocenters. The molecule has 0 aliphatic rings. The minimum Gasteiger partial charge on any atom is -0.478 e. The van der Waals surface area contributed by atoms with Crippen molar-refractivity contribution in [3.05, 3.63) is 44.7 Å². The van der Waals surface area contributed by atoms with Gasteiger partial charge in [0.1, 0.15) is 16.9 Å². The van der Waals surface area contributed by atoms with E-state index in [1.54, 1.807) is 18.4 Å². The summed E-state index contributed by atoms with van der Waals surface area (Å²) in [4.78, 5) is 37.6. The number of hydrogen-bond acceptors (Lipinski definition) is 5. The fraction of sp³-hybridized carbons (Fsp3) is 0.0714. The number of nitrogen functional groups attached to an aromatic ring is 1. The standard InChI is InChI=1S/C14H11ClN2O5S/c1-23-6-4-2-3-5(15)7(6)8-9(13(19)20)11(16)17-12(18)10(8)14(21)22/h2-4H,1H3,(H,19,20)(H,21,22)(H3,16,17,18). The van der Waals surface area contributed by atoms with Crippen LogP contribution in [0.4, 0.5) is 5.82 Å². The first-order chi connectivity index (χ1) is 10.8. The molecule has 0 spiro atoms. The number of hydrogen-bond donors (Lipinski definition) is 4. The molecule has 7 nitrogen and oxygen atoms in total. The van der Waals surface area contributed by atoms with Crippen molar-refractivity contribution in [2.24, 2.45) is 0 Å². The zero-order chi connectivity index (χ0) is 17.3. The number of aromatic nitrogens is 1. The average Bonchev–Trinajstić information content (AvgIpc) is 2.44. The lowest BCUT2D eigenvalue weighted by Crippen LogP contribution is -2.24. The maximum atomic E-state index is 12.0. The van der Waals surface area contributed by atoms with E-state index in [-0.39, 0.29) is 16.1 Å². The number of carboxylic acids is 2. The molecule has 2 aromatic rings. The molecule has 0 atom stereocenters. The summed E-state index contributed by atoms with van der Waals surface area (Å²) in [6, 6.07) is 4.75. The zero-order valence-corrected chi connectivity index (χ0v) is 13.3. The number of pyridine rings is 1. The van der Waals surface area contributed by atoms with Crippen LogP contribution in [0.2, 0.25) is 5.02 Å². The highest BCUT2D eigenvalue weighted by molar-refractivity contribution is 7.98. The number of nitrogens with one attached hydrogen (secondary N) is 1. The number of carboxylic acid groups (broad SMARTS) is 2. The summed E-state index contributed by atoms with van der Waals surface area (Å²) in [7, 11) is 0. The van der Waals surface area contributed by atoms with Crippen LogP contribution in [0.1, 0.15) is 20.7 Å². The van der Waals surface area contributed by atoms with Crippen LogP contribution < -0.4 is 11.3 Å². The van der Waals surface area contributed by atoms with Gasteiger partial charge in [0.05, 0.1) is 0 Å². The predicted molar refractivity (Wildman–Crippen MR) is 87.6 cm³/mol. The van der Waals surface area contributed by atoms with E-state index < -0.39 is 34.4 Å². The molecule has 0 saturated heterocycles. The van der Waals surface area contributed by atoms with Gasteiger partial charge < -0.3 is 20.9 Å². The number of rotatable bonds is 4. The van der Waals surface area contributed by atoms with Crippen LogP contribution in [0.5, 0.6) is 0 Å². The van der Waals surface area contributed by atoms with Crippen LogP contribution in [-0.4, -0.2) is 33.4 Å². The molecule has 9 heteroatoms. The smallest absolute Gasteiger partial charge is 0.342 e. The van der Waals surface area contributed by atoms with E-state index in [0.717, 1.165) is 0 Å². The van der Waals surface area contributed by atoms with Crippen LogP contribution in [0.3, 0.4) is 0 Å². The Morgan fingerprint density at radius 1 is 1.17 bits per heavy atom. The Hall–Kier alpha value is -2.45. The first-order valence-electron chi connectivity index (χ1n) is 6.14. The molecule has 1 heterocycles. The van der Waals surface area contributed by atoms with Crippen molar-refractivity contribution in [2.45, 2.75) is 4.90 Å². The fourth-order valence-corrected chi connectivity index (χ4v) is 3.17. The van der Waals surface area contributed by atoms with E-state index in [0.29, 0.717) is 4.90 Å². The minimum absolute atomic E-state index is 0.117. The first kappa shape index (κ1) is 16.9. The lowest BCUT2D eigenvalue weighted by molar-refractivity contribution is 0.0695. The number of aromatic carboxylic acids is 2. The maximum Gasteiger partial charge on any atom is 0.342 e. The zero-order valence-electron chi connectivity index (χ0n) is 11.7. The topological polar surface area (TPSA) is 133 Å². The molecule has 0 radical (unpaired) electrons. The summed E-state index contributed by atoms with van der Waals surface area (Å²) in [5.74, 6) is -3.48. The third-order valence-electron chi connectivity index (χ3n) is 3.12. The van der Waals surface area contributed by atoms with Crippen molar-refractivity contribution in [3.8, 4) is 11.1 Å².